The first-order valence-corrected chi connectivity index (χ1v) is 11.6. The Morgan fingerprint density at radius 1 is 1.00 bits per heavy atom. The SMILES string of the molecule is Cc1ccc(N2C(=O)C(O)=C(C(=O)c3sc(-c4ccccc4)nc3C)C2c2cccnc2)cc1. The van der Waals surface area contributed by atoms with Crippen molar-refractivity contribution >= 4 is 28.7 Å². The number of anilines is 1. The molecule has 2 aromatic carbocycles. The van der Waals surface area contributed by atoms with E-state index in [1.54, 1.807) is 31.5 Å². The van der Waals surface area contributed by atoms with Crippen molar-refractivity contribution in [2.45, 2.75) is 19.9 Å². The van der Waals surface area contributed by atoms with Crippen LogP contribution in [0.4, 0.5) is 5.69 Å². The van der Waals surface area contributed by atoms with Gasteiger partial charge in [0.2, 0.25) is 5.78 Å². The van der Waals surface area contributed by atoms with Gasteiger partial charge in [0.15, 0.2) is 5.76 Å². The second kappa shape index (κ2) is 8.68. The number of hydrogen-bond acceptors (Lipinski definition) is 6. The molecule has 5 rings (SSSR count). The van der Waals surface area contributed by atoms with Crippen LogP contribution in [-0.2, 0) is 4.79 Å². The molecule has 0 bridgehead atoms. The zero-order valence-electron chi connectivity index (χ0n) is 18.6. The highest BCUT2D eigenvalue weighted by Crippen LogP contribution is 2.43. The first-order chi connectivity index (χ1) is 16.5. The van der Waals surface area contributed by atoms with E-state index in [9.17, 15) is 14.7 Å². The van der Waals surface area contributed by atoms with Gasteiger partial charge >= 0.3 is 0 Å². The first-order valence-electron chi connectivity index (χ1n) is 10.8. The number of aromatic nitrogens is 2. The Labute approximate surface area is 200 Å². The summed E-state index contributed by atoms with van der Waals surface area (Å²) in [4.78, 5) is 37.7. The average molecular weight is 468 g/mol. The molecule has 1 unspecified atom stereocenters. The fourth-order valence-electron chi connectivity index (χ4n) is 4.10. The van der Waals surface area contributed by atoms with Gasteiger partial charge in [-0.2, -0.15) is 0 Å². The van der Waals surface area contributed by atoms with E-state index < -0.39 is 23.5 Å². The molecule has 34 heavy (non-hydrogen) atoms. The Morgan fingerprint density at radius 3 is 2.41 bits per heavy atom. The molecule has 0 aliphatic carbocycles. The molecule has 0 saturated heterocycles. The number of carbonyl (C=O) groups excluding carboxylic acids is 2. The van der Waals surface area contributed by atoms with Gasteiger partial charge in [0.05, 0.1) is 22.2 Å². The molecule has 7 heteroatoms. The van der Waals surface area contributed by atoms with Crippen molar-refractivity contribution in [3.8, 4) is 10.6 Å². The Hall–Kier alpha value is -4.10. The lowest BCUT2D eigenvalue weighted by atomic mass is 9.96. The van der Waals surface area contributed by atoms with Gasteiger partial charge in [-0.1, -0.05) is 54.1 Å². The summed E-state index contributed by atoms with van der Waals surface area (Å²) in [6.07, 6.45) is 3.24. The van der Waals surface area contributed by atoms with Crippen molar-refractivity contribution in [1.82, 2.24) is 9.97 Å². The number of Topliss-reactive ketones (excluding diaryl/α,β-unsaturated/α-hetero) is 1. The lowest BCUT2D eigenvalue weighted by molar-refractivity contribution is -0.117. The van der Waals surface area contributed by atoms with E-state index in [-0.39, 0.29) is 5.57 Å². The van der Waals surface area contributed by atoms with Gasteiger partial charge in [0.25, 0.3) is 5.91 Å². The summed E-state index contributed by atoms with van der Waals surface area (Å²) in [6, 6.07) is 19.7. The molecule has 0 radical (unpaired) electrons. The summed E-state index contributed by atoms with van der Waals surface area (Å²) in [5, 5.41) is 11.7. The van der Waals surface area contributed by atoms with Crippen LogP contribution < -0.4 is 4.90 Å². The number of amides is 1. The van der Waals surface area contributed by atoms with E-state index in [1.807, 2.05) is 61.5 Å². The molecule has 1 aliphatic heterocycles. The number of hydrogen-bond donors (Lipinski definition) is 1. The normalized spacial score (nSPS) is 15.8. The second-order valence-corrected chi connectivity index (χ2v) is 9.09. The topological polar surface area (TPSA) is 83.4 Å². The number of benzene rings is 2. The van der Waals surface area contributed by atoms with Crippen molar-refractivity contribution < 1.29 is 14.7 Å². The first kappa shape index (κ1) is 21.7. The number of pyridine rings is 1. The van der Waals surface area contributed by atoms with E-state index in [1.165, 1.54) is 16.2 Å². The van der Waals surface area contributed by atoms with Crippen LogP contribution in [0.25, 0.3) is 10.6 Å². The third kappa shape index (κ3) is 3.70. The van der Waals surface area contributed by atoms with E-state index in [2.05, 4.69) is 9.97 Å². The van der Waals surface area contributed by atoms with Crippen molar-refractivity contribution in [2.75, 3.05) is 4.90 Å². The van der Waals surface area contributed by atoms with E-state index in [0.29, 0.717) is 26.8 Å². The number of aliphatic hydroxyl groups excluding tert-OH is 1. The maximum absolute atomic E-state index is 13.8. The van der Waals surface area contributed by atoms with Crippen molar-refractivity contribution in [1.29, 1.82) is 0 Å². The minimum atomic E-state index is -0.807. The summed E-state index contributed by atoms with van der Waals surface area (Å²) in [6.45, 7) is 3.72. The van der Waals surface area contributed by atoms with E-state index in [4.69, 9.17) is 0 Å². The number of aryl methyl sites for hydroxylation is 2. The molecular weight excluding hydrogens is 446 g/mol. The van der Waals surface area contributed by atoms with E-state index in [0.717, 1.165) is 11.1 Å². The highest BCUT2D eigenvalue weighted by molar-refractivity contribution is 7.17. The van der Waals surface area contributed by atoms with Gasteiger partial charge in [-0.3, -0.25) is 19.5 Å². The van der Waals surface area contributed by atoms with Gasteiger partial charge in [0, 0.05) is 23.6 Å². The molecule has 1 amide bonds. The molecule has 1 atom stereocenters. The summed E-state index contributed by atoms with van der Waals surface area (Å²) >= 11 is 1.26. The number of rotatable bonds is 5. The molecule has 3 heterocycles. The smallest absolute Gasteiger partial charge is 0.294 e. The fourth-order valence-corrected chi connectivity index (χ4v) is 5.12. The highest BCUT2D eigenvalue weighted by atomic mass is 32.1. The monoisotopic (exact) mass is 467 g/mol. The third-order valence-corrected chi connectivity index (χ3v) is 6.99. The molecule has 0 spiro atoms. The zero-order valence-corrected chi connectivity index (χ0v) is 19.4. The van der Waals surface area contributed by atoms with Crippen LogP contribution in [0.5, 0.6) is 0 Å². The number of nitrogens with zero attached hydrogens (tertiary/aromatic N) is 3. The van der Waals surface area contributed by atoms with Crippen LogP contribution >= 0.6 is 11.3 Å². The number of carbonyl (C=O) groups is 2. The quantitative estimate of drug-likeness (QED) is 0.386. The van der Waals surface area contributed by atoms with Gasteiger partial charge in [-0.25, -0.2) is 4.98 Å². The maximum atomic E-state index is 13.8. The third-order valence-electron chi connectivity index (χ3n) is 5.79. The number of ketones is 1. The molecular formula is C27H21N3O3S. The molecule has 4 aromatic rings. The minimum absolute atomic E-state index is 0.0323. The Kier molecular flexibility index (Phi) is 5.55. The Morgan fingerprint density at radius 2 is 1.74 bits per heavy atom. The minimum Gasteiger partial charge on any atom is -0.503 e. The fraction of sp³-hybridized carbons (Fsp3) is 0.111. The summed E-state index contributed by atoms with van der Waals surface area (Å²) < 4.78 is 0. The standard InChI is InChI=1S/C27H21N3O3S/c1-16-10-12-20(13-11-16)30-22(19-9-6-14-28-15-19)21(24(32)27(30)33)23(31)25-17(2)29-26(34-25)18-7-4-3-5-8-18/h3-15,22,32H,1-2H3. The van der Waals surface area contributed by atoms with Crippen LogP contribution in [0, 0.1) is 13.8 Å². The summed E-state index contributed by atoms with van der Waals surface area (Å²) in [5.74, 6) is -1.58. The summed E-state index contributed by atoms with van der Waals surface area (Å²) in [7, 11) is 0. The molecule has 0 saturated carbocycles. The predicted octanol–water partition coefficient (Wildman–Crippen LogP) is 5.60. The lowest BCUT2D eigenvalue weighted by Crippen LogP contribution is -2.31. The maximum Gasteiger partial charge on any atom is 0.294 e. The molecule has 1 N–H and O–H groups in total. The predicted molar refractivity (Wildman–Crippen MR) is 132 cm³/mol. The van der Waals surface area contributed by atoms with Crippen LogP contribution in [0.2, 0.25) is 0 Å². The second-order valence-electron chi connectivity index (χ2n) is 8.09. The Balaban J connectivity index is 1.62. The van der Waals surface area contributed by atoms with Crippen molar-refractivity contribution in [3.05, 3.63) is 112 Å². The van der Waals surface area contributed by atoms with Crippen molar-refractivity contribution in [3.63, 3.8) is 0 Å². The summed E-state index contributed by atoms with van der Waals surface area (Å²) in [5.41, 5.74) is 3.75. The molecule has 2 aromatic heterocycles. The van der Waals surface area contributed by atoms with Crippen LogP contribution in [-0.4, -0.2) is 26.8 Å². The highest BCUT2D eigenvalue weighted by Gasteiger charge is 2.45. The van der Waals surface area contributed by atoms with Crippen LogP contribution in [0.1, 0.15) is 32.5 Å². The van der Waals surface area contributed by atoms with Gasteiger partial charge in [-0.05, 0) is 37.6 Å². The number of thiazole rings is 1. The molecule has 6 nitrogen and oxygen atoms in total. The van der Waals surface area contributed by atoms with Crippen LogP contribution in [0.3, 0.4) is 0 Å². The molecule has 168 valence electrons. The molecule has 1 aliphatic rings. The van der Waals surface area contributed by atoms with Crippen LogP contribution in [0.15, 0.2) is 90.5 Å². The average Bonchev–Trinajstić information content (AvgIpc) is 3.38. The van der Waals surface area contributed by atoms with Crippen molar-refractivity contribution in [2.24, 2.45) is 0 Å². The lowest BCUT2D eigenvalue weighted by Gasteiger charge is -2.26. The largest absolute Gasteiger partial charge is 0.503 e. The van der Waals surface area contributed by atoms with E-state index >= 15 is 0 Å². The van der Waals surface area contributed by atoms with Gasteiger partial charge < -0.3 is 5.11 Å². The van der Waals surface area contributed by atoms with Gasteiger partial charge in [0.1, 0.15) is 5.01 Å². The molecule has 0 fully saturated rings. The Bertz CT molecular complexity index is 1410. The number of aliphatic hydroxyl groups is 1. The zero-order chi connectivity index (χ0) is 23.8. The van der Waals surface area contributed by atoms with Gasteiger partial charge in [-0.15, -0.1) is 11.3 Å².